The highest BCUT2D eigenvalue weighted by molar-refractivity contribution is 8.23. The summed E-state index contributed by atoms with van der Waals surface area (Å²) in [6, 6.07) is 0. The lowest BCUT2D eigenvalue weighted by atomic mass is 10.3. The molecular weight excluding hydrogens is 332 g/mol. The third kappa shape index (κ3) is 4.63. The van der Waals surface area contributed by atoms with Crippen LogP contribution in [0.25, 0.3) is 0 Å². The normalized spacial score (nSPS) is 22.2. The van der Waals surface area contributed by atoms with E-state index in [1.165, 1.54) is 0 Å². The first-order chi connectivity index (χ1) is 9.17. The van der Waals surface area contributed by atoms with Crippen molar-refractivity contribution in [3.63, 3.8) is 0 Å². The lowest BCUT2D eigenvalue weighted by Crippen LogP contribution is -2.37. The standard InChI is InChI=1S/C16H37NP2S2/c1-11-13(3)18(20,15(5,6)7)17-19(21,14(4)12-2)16(8,9)10/h13-14H,11-12H2,1-10H3,(H,17,20,21). The van der Waals surface area contributed by atoms with Crippen molar-refractivity contribution in [1.29, 1.82) is 0 Å². The molecule has 128 valence electrons. The summed E-state index contributed by atoms with van der Waals surface area (Å²) < 4.78 is 0. The molecule has 1 nitrogen and oxygen atoms in total. The zero-order chi connectivity index (χ0) is 17.3. The average Bonchev–Trinajstić information content (AvgIpc) is 2.33. The highest BCUT2D eigenvalue weighted by Gasteiger charge is 2.44. The second-order valence-electron chi connectivity index (χ2n) is 8.27. The summed E-state index contributed by atoms with van der Waals surface area (Å²) in [5, 5.41) is 0.223. The van der Waals surface area contributed by atoms with E-state index in [2.05, 4.69) is 74.1 Å². The molecule has 0 aromatic heterocycles. The molecule has 5 heteroatoms. The van der Waals surface area contributed by atoms with Crippen LogP contribution in [0.1, 0.15) is 82.1 Å². The van der Waals surface area contributed by atoms with Gasteiger partial charge in [-0.15, -0.1) is 0 Å². The van der Waals surface area contributed by atoms with Crippen LogP contribution < -0.4 is 4.86 Å². The van der Waals surface area contributed by atoms with Crippen molar-refractivity contribution in [2.24, 2.45) is 0 Å². The van der Waals surface area contributed by atoms with E-state index in [1.54, 1.807) is 0 Å². The molecule has 0 rings (SSSR count). The Kier molecular flexibility index (Phi) is 7.88. The summed E-state index contributed by atoms with van der Waals surface area (Å²) in [6.07, 6.45) is -1.25. The molecule has 21 heavy (non-hydrogen) atoms. The maximum absolute atomic E-state index is 6.31. The fourth-order valence-electron chi connectivity index (χ4n) is 2.55. The van der Waals surface area contributed by atoms with Gasteiger partial charge in [-0.2, -0.15) is 0 Å². The molecule has 0 aliphatic carbocycles. The van der Waals surface area contributed by atoms with Crippen molar-refractivity contribution in [3.8, 4) is 0 Å². The molecule has 0 radical (unpaired) electrons. The molecule has 0 aromatic carbocycles. The van der Waals surface area contributed by atoms with E-state index in [4.69, 9.17) is 23.6 Å². The van der Waals surface area contributed by atoms with Gasteiger partial charge in [0, 0.05) is 22.7 Å². The minimum absolute atomic E-state index is 0.112. The highest BCUT2D eigenvalue weighted by atomic mass is 32.5. The predicted molar refractivity (Wildman–Crippen MR) is 111 cm³/mol. The number of hydrogen-bond acceptors (Lipinski definition) is 2. The van der Waals surface area contributed by atoms with E-state index < -0.39 is 12.4 Å². The van der Waals surface area contributed by atoms with Crippen LogP contribution in [-0.2, 0) is 23.6 Å². The largest absolute Gasteiger partial charge is 0.258 e. The molecule has 0 amide bonds. The smallest absolute Gasteiger partial charge is 0.0242 e. The van der Waals surface area contributed by atoms with E-state index in [0.717, 1.165) is 12.8 Å². The Labute approximate surface area is 144 Å². The molecule has 0 aromatic rings. The Bertz CT molecular complexity index is 393. The average molecular weight is 370 g/mol. The minimum atomic E-state index is -1.75. The topological polar surface area (TPSA) is 12.0 Å². The summed E-state index contributed by atoms with van der Waals surface area (Å²) in [4.78, 5) is 4.04. The number of nitrogens with one attached hydrogen (secondary N) is 1. The second-order valence-corrected chi connectivity index (χ2v) is 19.6. The molecule has 0 fully saturated rings. The van der Waals surface area contributed by atoms with Gasteiger partial charge in [0.15, 0.2) is 0 Å². The summed E-state index contributed by atoms with van der Waals surface area (Å²) in [5.41, 5.74) is 1.06. The Morgan fingerprint density at radius 1 is 0.762 bits per heavy atom. The van der Waals surface area contributed by atoms with Gasteiger partial charge in [0.05, 0.1) is 0 Å². The van der Waals surface area contributed by atoms with Crippen LogP contribution in [0, 0.1) is 0 Å². The summed E-state index contributed by atoms with van der Waals surface area (Å²) >= 11 is 12.6. The van der Waals surface area contributed by atoms with E-state index >= 15 is 0 Å². The van der Waals surface area contributed by atoms with E-state index in [1.807, 2.05) is 0 Å². The zero-order valence-corrected chi connectivity index (χ0v) is 19.2. The zero-order valence-electron chi connectivity index (χ0n) is 15.8. The third-order valence-corrected chi connectivity index (χ3v) is 21.2. The van der Waals surface area contributed by atoms with E-state index in [9.17, 15) is 0 Å². The van der Waals surface area contributed by atoms with Gasteiger partial charge in [0.25, 0.3) is 0 Å². The van der Waals surface area contributed by atoms with Crippen LogP contribution in [0.2, 0.25) is 0 Å². The van der Waals surface area contributed by atoms with Crippen LogP contribution >= 0.6 is 12.4 Å². The van der Waals surface area contributed by atoms with Gasteiger partial charge in [0.2, 0.25) is 0 Å². The van der Waals surface area contributed by atoms with Gasteiger partial charge < -0.3 is 0 Å². The first-order valence-corrected chi connectivity index (χ1v) is 13.9. The van der Waals surface area contributed by atoms with Crippen molar-refractivity contribution in [1.82, 2.24) is 4.86 Å². The fraction of sp³-hybridized carbons (Fsp3) is 1.00. The Hall–Kier alpha value is 1.26. The molecule has 4 atom stereocenters. The highest BCUT2D eigenvalue weighted by Crippen LogP contribution is 2.71. The van der Waals surface area contributed by atoms with Gasteiger partial charge in [-0.25, -0.2) is 0 Å². The molecule has 0 aliphatic rings. The van der Waals surface area contributed by atoms with Crippen molar-refractivity contribution >= 4 is 36.0 Å². The Balaban J connectivity index is 6.01. The molecule has 0 saturated carbocycles. The van der Waals surface area contributed by atoms with Gasteiger partial charge in [-0.3, -0.25) is 4.86 Å². The molecule has 0 saturated heterocycles. The molecule has 0 aliphatic heterocycles. The Morgan fingerprint density at radius 3 is 1.14 bits per heavy atom. The fourth-order valence-corrected chi connectivity index (χ4v) is 15.6. The monoisotopic (exact) mass is 369 g/mol. The van der Waals surface area contributed by atoms with Crippen LogP contribution in [0.5, 0.6) is 0 Å². The lowest BCUT2D eigenvalue weighted by Gasteiger charge is -2.49. The van der Waals surface area contributed by atoms with Gasteiger partial charge in [-0.05, 0) is 24.2 Å². The molecule has 4 unspecified atom stereocenters. The minimum Gasteiger partial charge on any atom is -0.258 e. The predicted octanol–water partition coefficient (Wildman–Crippen LogP) is 6.56. The lowest BCUT2D eigenvalue weighted by molar-refractivity contribution is 0.726. The van der Waals surface area contributed by atoms with Crippen molar-refractivity contribution in [2.75, 3.05) is 0 Å². The van der Waals surface area contributed by atoms with Crippen molar-refractivity contribution < 1.29 is 0 Å². The van der Waals surface area contributed by atoms with E-state index in [-0.39, 0.29) is 10.3 Å². The third-order valence-electron chi connectivity index (χ3n) is 4.71. The summed E-state index contributed by atoms with van der Waals surface area (Å²) in [7, 11) is 0. The SMILES string of the molecule is CCC(C)P(=S)(NP(=S)(C(C)CC)C(C)(C)C)C(C)(C)C. The molecule has 0 bridgehead atoms. The van der Waals surface area contributed by atoms with Gasteiger partial charge >= 0.3 is 0 Å². The second kappa shape index (κ2) is 7.43. The quantitative estimate of drug-likeness (QED) is 0.533. The first-order valence-electron chi connectivity index (χ1n) is 8.16. The summed E-state index contributed by atoms with van der Waals surface area (Å²) in [5.74, 6) is 0. The first kappa shape index (κ1) is 22.3. The van der Waals surface area contributed by atoms with E-state index in [0.29, 0.717) is 11.3 Å². The van der Waals surface area contributed by atoms with Crippen molar-refractivity contribution in [2.45, 2.75) is 104 Å². The van der Waals surface area contributed by atoms with Crippen LogP contribution in [-0.4, -0.2) is 21.6 Å². The van der Waals surface area contributed by atoms with Crippen LogP contribution in [0.4, 0.5) is 0 Å². The van der Waals surface area contributed by atoms with Crippen LogP contribution in [0.3, 0.4) is 0 Å². The Morgan fingerprint density at radius 2 is 1.00 bits per heavy atom. The summed E-state index contributed by atoms with van der Waals surface area (Å²) in [6.45, 7) is 22.9. The maximum Gasteiger partial charge on any atom is 0.0242 e. The molecule has 0 heterocycles. The van der Waals surface area contributed by atoms with Gasteiger partial charge in [0.1, 0.15) is 0 Å². The number of rotatable bonds is 6. The molecule has 1 N–H and O–H groups in total. The van der Waals surface area contributed by atoms with Gasteiger partial charge in [-0.1, -0.05) is 92.9 Å². The number of hydrogen-bond donors (Lipinski definition) is 1. The molecular formula is C16H37NP2S2. The molecule has 0 spiro atoms. The van der Waals surface area contributed by atoms with Crippen molar-refractivity contribution in [3.05, 3.63) is 0 Å². The maximum atomic E-state index is 6.31. The van der Waals surface area contributed by atoms with Crippen LogP contribution in [0.15, 0.2) is 0 Å².